The molecule has 40 heteroatoms. The summed E-state index contributed by atoms with van der Waals surface area (Å²) in [7, 11) is 7.16. The number of rotatable bonds is 24. The number of pyridine rings is 4. The van der Waals surface area contributed by atoms with Crippen LogP contribution in [0.4, 0.5) is 69.8 Å². The van der Waals surface area contributed by atoms with Crippen molar-refractivity contribution in [2.45, 2.75) is 170 Å². The number of aliphatic hydroxyl groups excluding tert-OH is 3. The molecule has 12 aromatic heterocycles. The molecule has 12 aromatic rings. The summed E-state index contributed by atoms with van der Waals surface area (Å²) in [5.41, 5.74) is 7.07. The third kappa shape index (κ3) is 20.5. The zero-order valence-corrected chi connectivity index (χ0v) is 72.6. The quantitative estimate of drug-likeness (QED) is 0.0268. The van der Waals surface area contributed by atoms with Crippen LogP contribution in [-0.4, -0.2) is 247 Å². The second-order valence-electron chi connectivity index (χ2n) is 33.4. The topological polar surface area (TPSA) is 492 Å². The fraction of sp³-hybridized carbons (Fsp3) is 0.461. The molecule has 8 aliphatic rings. The van der Waals surface area contributed by atoms with Gasteiger partial charge < -0.3 is 103 Å². The van der Waals surface area contributed by atoms with E-state index in [0.29, 0.717) is 185 Å². The highest BCUT2D eigenvalue weighted by atomic mass is 16.5. The Kier molecular flexibility index (Phi) is 27.7. The number of anilines is 12. The number of ether oxygens (including phenoxy) is 5. The van der Waals surface area contributed by atoms with Gasteiger partial charge in [-0.1, -0.05) is 31.2 Å². The number of carbonyl (C=O) groups is 4. The Morgan fingerprint density at radius 2 is 0.651 bits per heavy atom. The minimum Gasteiger partial charge on any atom is -0.391 e. The zero-order valence-electron chi connectivity index (χ0n) is 72.6. The molecule has 5 saturated heterocycles. The molecule has 20 rings (SSSR count). The van der Waals surface area contributed by atoms with E-state index >= 15 is 0 Å². The minimum absolute atomic E-state index is 0.0146. The average molecular weight is 1760 g/mol. The number of fused-ring (bicyclic) bond motifs is 4. The standard InChI is InChI=1S/C23H29N7O3.3C22H27N7O3/c1-14-11-33-13-18(14)27-23(31)16-10-25-30-21(24-2)9-20(29-22(16)30)28-19-7-3-6-17(26-19)15-5-4-8-32-12-15;2*1-23-20-10-19(27-18-6-2-5-15(25-18)13-4-3-9-32-12-13)28-21-14(11-24-29(20)21)22(31)26-16-7-8-17(16)30;1-23-20-11-19(27-18-7-4-5-15(25-18)17-6-2-3-10-32-17)28-21-13(12-24-29(20)21)22(31)26-14-8-9-16(14)30/h3,6-7,9-10,14-15,18,24H,4-5,8,11-13H2,1-2H3,(H,27,31)(H,26,28,29);2*2,5-6,10-11,13,16-17,23,30H,3-4,7-9,12H2,1H3,(H,26,31)(H,25,27,28);4-5,7,11-12,14,16-17,23,30H,2-3,6,8-10H2,1H3,(H,26,31)(H,25,27,28)/t14-,15-,18+;13-,16+,17+;13-,16-,17-;14-,16+,17-/m0011/s1. The van der Waals surface area contributed by atoms with Crippen molar-refractivity contribution in [1.29, 1.82) is 0 Å². The van der Waals surface area contributed by atoms with E-state index in [9.17, 15) is 34.5 Å². The fourth-order valence-corrected chi connectivity index (χ4v) is 16.6. The number of amides is 4. The maximum absolute atomic E-state index is 13.0. The van der Waals surface area contributed by atoms with Crippen molar-refractivity contribution in [3.63, 3.8) is 0 Å². The van der Waals surface area contributed by atoms with Gasteiger partial charge in [-0.15, -0.1) is 0 Å². The summed E-state index contributed by atoms with van der Waals surface area (Å²) >= 11 is 0. The van der Waals surface area contributed by atoms with E-state index in [0.717, 1.165) is 126 Å². The van der Waals surface area contributed by atoms with Crippen LogP contribution in [0.25, 0.3) is 22.6 Å². The van der Waals surface area contributed by atoms with Gasteiger partial charge in [0.2, 0.25) is 0 Å². The molecule has 8 fully saturated rings. The lowest BCUT2D eigenvalue weighted by atomic mass is 9.89. The highest BCUT2D eigenvalue weighted by Gasteiger charge is 2.36. The predicted molar refractivity (Wildman–Crippen MR) is 482 cm³/mol. The molecule has 129 heavy (non-hydrogen) atoms. The molecule has 0 unspecified atom stereocenters. The molecule has 12 atom stereocenters. The third-order valence-corrected chi connectivity index (χ3v) is 24.6. The van der Waals surface area contributed by atoms with E-state index in [1.54, 1.807) is 52.4 Å². The Balaban J connectivity index is 0.000000121. The van der Waals surface area contributed by atoms with Crippen LogP contribution in [-0.2, 0) is 23.7 Å². The van der Waals surface area contributed by atoms with Gasteiger partial charge in [0.05, 0.1) is 112 Å². The summed E-state index contributed by atoms with van der Waals surface area (Å²) in [4.78, 5) is 88.9. The third-order valence-electron chi connectivity index (χ3n) is 24.6. The van der Waals surface area contributed by atoms with Gasteiger partial charge in [-0.05, 0) is 145 Å². The molecule has 17 heterocycles. The fourth-order valence-electron chi connectivity index (χ4n) is 16.6. The monoisotopic (exact) mass is 1760 g/mol. The summed E-state index contributed by atoms with van der Waals surface area (Å²) in [6.07, 6.45) is 18.5. The summed E-state index contributed by atoms with van der Waals surface area (Å²) in [5, 5.41) is 83.8. The lowest BCUT2D eigenvalue weighted by Gasteiger charge is -2.32. The molecular formula is C89H110N28O12. The van der Waals surface area contributed by atoms with Crippen LogP contribution in [0.3, 0.4) is 0 Å². The first-order chi connectivity index (χ1) is 63.0. The van der Waals surface area contributed by atoms with E-state index < -0.39 is 18.3 Å². The van der Waals surface area contributed by atoms with Crippen LogP contribution < -0.4 is 63.8 Å². The molecule has 0 bridgehead atoms. The van der Waals surface area contributed by atoms with Crippen molar-refractivity contribution < 1.29 is 58.2 Å². The molecule has 0 radical (unpaired) electrons. The van der Waals surface area contributed by atoms with Gasteiger partial charge >= 0.3 is 0 Å². The smallest absolute Gasteiger partial charge is 0.257 e. The Labute approximate surface area is 742 Å². The molecule has 0 spiro atoms. The van der Waals surface area contributed by atoms with Gasteiger partial charge in [0, 0.05) is 120 Å². The number of aromatic nitrogens is 16. The van der Waals surface area contributed by atoms with Gasteiger partial charge in [-0.3, -0.25) is 19.2 Å². The van der Waals surface area contributed by atoms with Crippen molar-refractivity contribution in [3.8, 4) is 0 Å². The van der Waals surface area contributed by atoms with E-state index in [-0.39, 0.29) is 59.8 Å². The first-order valence-corrected chi connectivity index (χ1v) is 44.4. The van der Waals surface area contributed by atoms with Crippen molar-refractivity contribution >= 4 is 116 Å². The first-order valence-electron chi connectivity index (χ1n) is 44.4. The molecule has 40 nitrogen and oxygen atoms in total. The normalized spacial score (nSPS) is 22.9. The van der Waals surface area contributed by atoms with Crippen molar-refractivity contribution in [3.05, 3.63) is 167 Å². The van der Waals surface area contributed by atoms with Crippen LogP contribution in [0.5, 0.6) is 0 Å². The summed E-state index contributed by atoms with van der Waals surface area (Å²) < 4.78 is 34.5. The molecule has 0 aromatic carbocycles. The maximum atomic E-state index is 13.0. The number of nitrogens with one attached hydrogen (secondary N) is 12. The van der Waals surface area contributed by atoms with Crippen LogP contribution in [0.1, 0.15) is 191 Å². The Morgan fingerprint density at radius 1 is 0.333 bits per heavy atom. The van der Waals surface area contributed by atoms with Crippen molar-refractivity contribution in [2.75, 3.05) is 130 Å². The van der Waals surface area contributed by atoms with Crippen molar-refractivity contribution in [1.82, 2.24) is 99.6 Å². The largest absolute Gasteiger partial charge is 0.391 e. The average Bonchev–Trinajstić information content (AvgIpc) is 1.61. The van der Waals surface area contributed by atoms with Gasteiger partial charge in [-0.2, -0.15) is 38.5 Å². The van der Waals surface area contributed by atoms with Gasteiger partial charge in [0.25, 0.3) is 23.6 Å². The number of hydrogen-bond acceptors (Lipinski definition) is 32. The number of hydrogen-bond donors (Lipinski definition) is 15. The summed E-state index contributed by atoms with van der Waals surface area (Å²) in [6, 6.07) is 30.1. The minimum atomic E-state index is -0.495. The lowest BCUT2D eigenvalue weighted by Crippen LogP contribution is -2.50. The molecule has 5 aliphatic heterocycles. The summed E-state index contributed by atoms with van der Waals surface area (Å²) in [6.45, 7) is 8.51. The number of nitrogens with zero attached hydrogens (tertiary/aromatic N) is 16. The van der Waals surface area contributed by atoms with Gasteiger partial charge in [0.1, 0.15) is 92.1 Å². The Hall–Kier alpha value is -13.0. The molecule has 3 aliphatic carbocycles. The number of aliphatic hydroxyl groups is 3. The Morgan fingerprint density at radius 3 is 0.915 bits per heavy atom. The van der Waals surface area contributed by atoms with Crippen molar-refractivity contribution in [2.24, 2.45) is 5.92 Å². The van der Waals surface area contributed by atoms with Crippen LogP contribution in [0.2, 0.25) is 0 Å². The molecular weight excluding hydrogens is 1650 g/mol. The van der Waals surface area contributed by atoms with E-state index in [4.69, 9.17) is 43.6 Å². The highest BCUT2D eigenvalue weighted by Crippen LogP contribution is 2.35. The molecule has 15 N–H and O–H groups in total. The van der Waals surface area contributed by atoms with Gasteiger partial charge in [-0.25, -0.2) is 39.9 Å². The number of carbonyl (C=O) groups excluding carboxylic acids is 4. The molecule has 4 amide bonds. The van der Waals surface area contributed by atoms with Crippen LogP contribution in [0.15, 0.2) is 122 Å². The highest BCUT2D eigenvalue weighted by molar-refractivity contribution is 6.02. The van der Waals surface area contributed by atoms with E-state index in [1.165, 1.54) is 18.6 Å². The van der Waals surface area contributed by atoms with E-state index in [1.807, 2.05) is 97.1 Å². The predicted octanol–water partition coefficient (Wildman–Crippen LogP) is 9.09. The maximum Gasteiger partial charge on any atom is 0.257 e. The van der Waals surface area contributed by atoms with E-state index in [2.05, 4.69) is 111 Å². The Bertz CT molecular complexity index is 5520. The molecule has 678 valence electrons. The first kappa shape index (κ1) is 88.1. The second kappa shape index (κ2) is 40.6. The molecule has 3 saturated carbocycles. The van der Waals surface area contributed by atoms with Gasteiger partial charge in [0.15, 0.2) is 22.6 Å². The second-order valence-corrected chi connectivity index (χ2v) is 33.4. The van der Waals surface area contributed by atoms with Crippen LogP contribution >= 0.6 is 0 Å². The zero-order chi connectivity index (χ0) is 89.0. The summed E-state index contributed by atoms with van der Waals surface area (Å²) in [5.74, 6) is 7.67. The van der Waals surface area contributed by atoms with Crippen LogP contribution in [0, 0.1) is 5.92 Å². The SMILES string of the molecule is CNc1cc(Nc2cccc([C@@H]3CCCOC3)n2)nc2c(C(=O)N[C@@H]3CC[C@H]3O)cnn12.CNc1cc(Nc2cccc([C@H]3CCCCO3)n2)nc2c(C(=O)N[C@@H]3CC[C@@H]3O)cnn12.CNc1cc(Nc2cccc([C@H]3CCCOC3)n2)nc2c(C(=O)N[C@@H]3CC[C@H]3O)cnn12.CNc1cc(Nc2cccc([C@H]3CCCOC3)n2)nc2c(C(=O)N[C@@H]3COC[C@@H]3C)cnn12. The lowest BCUT2D eigenvalue weighted by molar-refractivity contribution is 0.0124.